The van der Waals surface area contributed by atoms with Crippen molar-refractivity contribution in [3.8, 4) is 0 Å². The number of likely N-dealkylation sites (tertiary alicyclic amines) is 1. The molecule has 1 unspecified atom stereocenters. The van der Waals surface area contributed by atoms with Gasteiger partial charge in [-0.25, -0.2) is 0 Å². The van der Waals surface area contributed by atoms with Gasteiger partial charge in [-0.2, -0.15) is 13.2 Å². The van der Waals surface area contributed by atoms with Gasteiger partial charge in [-0.05, 0) is 43.6 Å². The summed E-state index contributed by atoms with van der Waals surface area (Å²) in [5, 5.41) is 3.25. The second kappa shape index (κ2) is 9.13. The molecule has 1 aromatic rings. The minimum Gasteiger partial charge on any atom is -0.342 e. The molecule has 28 heavy (non-hydrogen) atoms. The number of halogens is 4. The predicted molar refractivity (Wildman–Crippen MR) is 101 cm³/mol. The zero-order valence-electron chi connectivity index (χ0n) is 15.7. The molecule has 2 heterocycles. The average Bonchev–Trinajstić information content (AvgIpc) is 3.01. The molecule has 2 fully saturated rings. The lowest BCUT2D eigenvalue weighted by molar-refractivity contribution is -0.138. The number of amides is 2. The van der Waals surface area contributed by atoms with Crippen molar-refractivity contribution in [1.29, 1.82) is 0 Å². The van der Waals surface area contributed by atoms with Gasteiger partial charge < -0.3 is 15.1 Å². The maximum Gasteiger partial charge on any atom is 0.416 e. The third kappa shape index (κ3) is 5.17. The third-order valence-corrected chi connectivity index (χ3v) is 5.40. The van der Waals surface area contributed by atoms with Crippen LogP contribution in [0.2, 0.25) is 0 Å². The summed E-state index contributed by atoms with van der Waals surface area (Å²) in [6, 6.07) is 5.15. The second-order valence-corrected chi connectivity index (χ2v) is 7.30. The molecule has 0 saturated carbocycles. The first-order valence-electron chi connectivity index (χ1n) is 9.17. The van der Waals surface area contributed by atoms with Crippen molar-refractivity contribution in [2.24, 2.45) is 5.92 Å². The standard InChI is InChI=1S/C19H24F3N3O2.ClH/c1-24(16-5-7-23-8-6-16)18(27)14-10-17(26)25(12-14)11-13-3-2-4-15(9-13)19(20,21)22;/h2-4,9,14,16,23H,5-8,10-12H2,1H3;1H. The van der Waals surface area contributed by atoms with Crippen LogP contribution >= 0.6 is 12.4 Å². The van der Waals surface area contributed by atoms with Crippen LogP contribution in [0.1, 0.15) is 30.4 Å². The van der Waals surface area contributed by atoms with E-state index in [0.717, 1.165) is 38.1 Å². The van der Waals surface area contributed by atoms with Crippen LogP contribution < -0.4 is 5.32 Å². The smallest absolute Gasteiger partial charge is 0.342 e. The zero-order valence-corrected chi connectivity index (χ0v) is 16.5. The Labute approximate surface area is 168 Å². The van der Waals surface area contributed by atoms with E-state index in [0.29, 0.717) is 5.56 Å². The minimum atomic E-state index is -4.42. The molecular formula is C19H25ClF3N3O2. The number of carbonyl (C=O) groups is 2. The zero-order chi connectivity index (χ0) is 19.6. The highest BCUT2D eigenvalue weighted by atomic mass is 35.5. The van der Waals surface area contributed by atoms with Crippen LogP contribution in [0.25, 0.3) is 0 Å². The molecule has 156 valence electrons. The fraction of sp³-hybridized carbons (Fsp3) is 0.579. The van der Waals surface area contributed by atoms with E-state index in [1.807, 2.05) is 0 Å². The number of alkyl halides is 3. The van der Waals surface area contributed by atoms with E-state index in [4.69, 9.17) is 0 Å². The highest BCUT2D eigenvalue weighted by Gasteiger charge is 2.37. The lowest BCUT2D eigenvalue weighted by Crippen LogP contribution is -2.46. The second-order valence-electron chi connectivity index (χ2n) is 7.30. The SMILES string of the molecule is CN(C(=O)C1CC(=O)N(Cc2cccc(C(F)(F)F)c2)C1)C1CCNCC1.Cl. The molecule has 0 bridgehead atoms. The topological polar surface area (TPSA) is 52.7 Å². The number of rotatable bonds is 4. The van der Waals surface area contributed by atoms with Gasteiger partial charge in [0.05, 0.1) is 11.5 Å². The van der Waals surface area contributed by atoms with E-state index < -0.39 is 17.7 Å². The monoisotopic (exact) mass is 419 g/mol. The maximum absolute atomic E-state index is 12.9. The molecule has 1 N–H and O–H groups in total. The van der Waals surface area contributed by atoms with Crippen molar-refractivity contribution in [1.82, 2.24) is 15.1 Å². The summed E-state index contributed by atoms with van der Waals surface area (Å²) >= 11 is 0. The average molecular weight is 420 g/mol. The molecule has 1 aromatic carbocycles. The molecule has 2 amide bonds. The van der Waals surface area contributed by atoms with Crippen molar-refractivity contribution in [2.45, 2.75) is 38.0 Å². The molecule has 0 radical (unpaired) electrons. The number of nitrogens with zero attached hydrogens (tertiary/aromatic N) is 2. The van der Waals surface area contributed by atoms with Crippen LogP contribution in [0, 0.1) is 5.92 Å². The Morgan fingerprint density at radius 3 is 2.61 bits per heavy atom. The Hall–Kier alpha value is -1.80. The molecule has 0 aromatic heterocycles. The van der Waals surface area contributed by atoms with E-state index in [1.165, 1.54) is 11.0 Å². The molecule has 2 aliphatic rings. The van der Waals surface area contributed by atoms with Gasteiger partial charge in [-0.15, -0.1) is 12.4 Å². The highest BCUT2D eigenvalue weighted by molar-refractivity contribution is 5.89. The van der Waals surface area contributed by atoms with Gasteiger partial charge in [-0.1, -0.05) is 12.1 Å². The predicted octanol–water partition coefficient (Wildman–Crippen LogP) is 2.69. The van der Waals surface area contributed by atoms with Crippen LogP contribution in [-0.2, 0) is 22.3 Å². The Kier molecular flexibility index (Phi) is 7.33. The Morgan fingerprint density at radius 2 is 1.96 bits per heavy atom. The van der Waals surface area contributed by atoms with Gasteiger partial charge in [0.2, 0.25) is 11.8 Å². The lowest BCUT2D eigenvalue weighted by Gasteiger charge is -2.33. The quantitative estimate of drug-likeness (QED) is 0.816. The number of nitrogens with one attached hydrogen (secondary N) is 1. The summed E-state index contributed by atoms with van der Waals surface area (Å²) in [6.07, 6.45) is -2.53. The van der Waals surface area contributed by atoms with Gasteiger partial charge in [0, 0.05) is 32.6 Å². The fourth-order valence-electron chi connectivity index (χ4n) is 3.82. The number of hydrogen-bond donors (Lipinski definition) is 1. The molecule has 5 nitrogen and oxygen atoms in total. The van der Waals surface area contributed by atoms with Crippen LogP contribution in [-0.4, -0.2) is 54.3 Å². The summed E-state index contributed by atoms with van der Waals surface area (Å²) in [6.45, 7) is 2.08. The summed E-state index contributed by atoms with van der Waals surface area (Å²) < 4.78 is 38.6. The van der Waals surface area contributed by atoms with Crippen molar-refractivity contribution in [3.05, 3.63) is 35.4 Å². The van der Waals surface area contributed by atoms with E-state index in [9.17, 15) is 22.8 Å². The van der Waals surface area contributed by atoms with E-state index in [1.54, 1.807) is 18.0 Å². The summed E-state index contributed by atoms with van der Waals surface area (Å²) in [5.41, 5.74) is -0.317. The Balaban J connectivity index is 0.00000280. The molecule has 0 spiro atoms. The van der Waals surface area contributed by atoms with Crippen LogP contribution in [0.5, 0.6) is 0 Å². The van der Waals surface area contributed by atoms with E-state index >= 15 is 0 Å². The van der Waals surface area contributed by atoms with Gasteiger partial charge in [-0.3, -0.25) is 9.59 Å². The van der Waals surface area contributed by atoms with E-state index in [2.05, 4.69) is 5.32 Å². The molecule has 1 atom stereocenters. The Morgan fingerprint density at radius 1 is 1.29 bits per heavy atom. The van der Waals surface area contributed by atoms with Crippen molar-refractivity contribution >= 4 is 24.2 Å². The van der Waals surface area contributed by atoms with Gasteiger partial charge in [0.1, 0.15) is 0 Å². The highest BCUT2D eigenvalue weighted by Crippen LogP contribution is 2.30. The molecule has 2 aliphatic heterocycles. The molecule has 9 heteroatoms. The first-order valence-corrected chi connectivity index (χ1v) is 9.17. The molecule has 3 rings (SSSR count). The molecule has 0 aliphatic carbocycles. The van der Waals surface area contributed by atoms with Crippen molar-refractivity contribution in [3.63, 3.8) is 0 Å². The van der Waals surface area contributed by atoms with Gasteiger partial charge in [0.15, 0.2) is 0 Å². The number of piperidine rings is 1. The van der Waals surface area contributed by atoms with Crippen LogP contribution in [0.4, 0.5) is 13.2 Å². The summed E-state index contributed by atoms with van der Waals surface area (Å²) in [5.74, 6) is -0.672. The number of hydrogen-bond acceptors (Lipinski definition) is 3. The van der Waals surface area contributed by atoms with E-state index in [-0.39, 0.29) is 49.8 Å². The largest absolute Gasteiger partial charge is 0.416 e. The lowest BCUT2D eigenvalue weighted by atomic mass is 10.0. The normalized spacial score (nSPS) is 20.8. The molecule has 2 saturated heterocycles. The third-order valence-electron chi connectivity index (χ3n) is 5.40. The van der Waals surface area contributed by atoms with Crippen molar-refractivity contribution < 1.29 is 22.8 Å². The van der Waals surface area contributed by atoms with Crippen LogP contribution in [0.15, 0.2) is 24.3 Å². The minimum absolute atomic E-state index is 0. The first kappa shape index (κ1) is 22.5. The maximum atomic E-state index is 12.9. The Bertz CT molecular complexity index is 708. The molecular weight excluding hydrogens is 395 g/mol. The van der Waals surface area contributed by atoms with Crippen molar-refractivity contribution in [2.75, 3.05) is 26.7 Å². The number of benzene rings is 1. The van der Waals surface area contributed by atoms with Gasteiger partial charge >= 0.3 is 6.18 Å². The van der Waals surface area contributed by atoms with Gasteiger partial charge in [0.25, 0.3) is 0 Å². The summed E-state index contributed by atoms with van der Waals surface area (Å²) in [7, 11) is 1.78. The van der Waals surface area contributed by atoms with Crippen LogP contribution in [0.3, 0.4) is 0 Å². The number of carbonyl (C=O) groups excluding carboxylic acids is 2. The summed E-state index contributed by atoms with van der Waals surface area (Å²) in [4.78, 5) is 28.3. The first-order chi connectivity index (χ1) is 12.8. The fourth-order valence-corrected chi connectivity index (χ4v) is 3.82.